The average Bonchev–Trinajstić information content (AvgIpc) is 2.78. The van der Waals surface area contributed by atoms with Gasteiger partial charge in [-0.05, 0) is 43.5 Å². The van der Waals surface area contributed by atoms with Crippen LogP contribution in [0.5, 0.6) is 0 Å². The third kappa shape index (κ3) is 3.55. The van der Waals surface area contributed by atoms with Crippen molar-refractivity contribution in [1.82, 2.24) is 9.80 Å². The highest BCUT2D eigenvalue weighted by Crippen LogP contribution is 2.28. The quantitative estimate of drug-likeness (QED) is 0.854. The molecule has 0 atom stereocenters. The van der Waals surface area contributed by atoms with Crippen molar-refractivity contribution in [3.05, 3.63) is 29.8 Å². The van der Waals surface area contributed by atoms with Gasteiger partial charge in [-0.15, -0.1) is 0 Å². The van der Waals surface area contributed by atoms with Gasteiger partial charge in [0, 0.05) is 57.4 Å². The van der Waals surface area contributed by atoms with Crippen molar-refractivity contribution in [3.63, 3.8) is 0 Å². The Labute approximate surface area is 144 Å². The molecule has 0 radical (unpaired) electrons. The maximum atomic E-state index is 12.7. The first-order valence-corrected chi connectivity index (χ1v) is 8.91. The smallest absolute Gasteiger partial charge is 0.253 e. The molecule has 1 saturated carbocycles. The number of rotatable bonds is 3. The molecule has 0 bridgehead atoms. The van der Waals surface area contributed by atoms with Crippen molar-refractivity contribution in [1.29, 1.82) is 0 Å². The maximum Gasteiger partial charge on any atom is 0.253 e. The minimum Gasteiger partial charge on any atom is -0.378 e. The van der Waals surface area contributed by atoms with Gasteiger partial charge in [0.25, 0.3) is 5.91 Å². The predicted molar refractivity (Wildman–Crippen MR) is 95.2 cm³/mol. The number of carbonyl (C=O) groups excluding carboxylic acids is 2. The highest BCUT2D eigenvalue weighted by atomic mass is 16.2. The summed E-state index contributed by atoms with van der Waals surface area (Å²) in [6.07, 6.45) is 4.12. The van der Waals surface area contributed by atoms with Gasteiger partial charge < -0.3 is 14.7 Å². The zero-order valence-electron chi connectivity index (χ0n) is 14.7. The molecule has 130 valence electrons. The van der Waals surface area contributed by atoms with Crippen LogP contribution in [0, 0.1) is 5.92 Å². The van der Waals surface area contributed by atoms with Gasteiger partial charge in [-0.1, -0.05) is 6.42 Å². The number of benzene rings is 1. The number of nitrogens with zero attached hydrogens (tertiary/aromatic N) is 3. The Morgan fingerprint density at radius 2 is 1.54 bits per heavy atom. The summed E-state index contributed by atoms with van der Waals surface area (Å²) in [7, 11) is 3.97. The van der Waals surface area contributed by atoms with Crippen molar-refractivity contribution in [2.45, 2.75) is 25.7 Å². The lowest BCUT2D eigenvalue weighted by Gasteiger charge is -2.31. The molecule has 2 amide bonds. The second kappa shape index (κ2) is 7.24. The normalized spacial score (nSPS) is 18.8. The molecule has 3 rings (SSSR count). The fourth-order valence-corrected chi connectivity index (χ4v) is 3.34. The molecule has 2 fully saturated rings. The molecule has 0 unspecified atom stereocenters. The number of hydrogen-bond donors (Lipinski definition) is 0. The molecule has 0 spiro atoms. The number of amides is 2. The zero-order chi connectivity index (χ0) is 17.1. The van der Waals surface area contributed by atoms with Crippen LogP contribution in [0.15, 0.2) is 24.3 Å². The lowest BCUT2D eigenvalue weighted by molar-refractivity contribution is -0.138. The highest BCUT2D eigenvalue weighted by Gasteiger charge is 2.31. The Bertz CT molecular complexity index is 593. The largest absolute Gasteiger partial charge is 0.378 e. The van der Waals surface area contributed by atoms with E-state index in [-0.39, 0.29) is 11.8 Å². The third-order valence-corrected chi connectivity index (χ3v) is 5.18. The summed E-state index contributed by atoms with van der Waals surface area (Å²) in [6.45, 7) is 2.80. The molecule has 1 aliphatic carbocycles. The van der Waals surface area contributed by atoms with Crippen LogP contribution in [0.25, 0.3) is 0 Å². The molecule has 0 aromatic heterocycles. The average molecular weight is 329 g/mol. The van der Waals surface area contributed by atoms with E-state index in [1.165, 1.54) is 6.42 Å². The van der Waals surface area contributed by atoms with Gasteiger partial charge in [0.1, 0.15) is 0 Å². The summed E-state index contributed by atoms with van der Waals surface area (Å²) < 4.78 is 0. The Balaban J connectivity index is 1.60. The van der Waals surface area contributed by atoms with Crippen LogP contribution in [0.1, 0.15) is 36.0 Å². The molecule has 5 heteroatoms. The number of anilines is 1. The Hall–Kier alpha value is -2.04. The standard InChI is InChI=1S/C19H27N3O2/c1-20(2)17-9-7-16(8-10-17)19(24)22-12-4-11-21(13-14-22)18(23)15-5-3-6-15/h7-10,15H,3-6,11-14H2,1-2H3. The summed E-state index contributed by atoms with van der Waals surface area (Å²) in [5, 5.41) is 0. The van der Waals surface area contributed by atoms with Crippen LogP contribution < -0.4 is 4.90 Å². The van der Waals surface area contributed by atoms with E-state index in [0.29, 0.717) is 19.0 Å². The highest BCUT2D eigenvalue weighted by molar-refractivity contribution is 5.94. The van der Waals surface area contributed by atoms with Gasteiger partial charge >= 0.3 is 0 Å². The van der Waals surface area contributed by atoms with Crippen molar-refractivity contribution in [3.8, 4) is 0 Å². The first-order chi connectivity index (χ1) is 11.6. The van der Waals surface area contributed by atoms with Crippen LogP contribution in [0.2, 0.25) is 0 Å². The first kappa shape index (κ1) is 16.8. The van der Waals surface area contributed by atoms with E-state index in [1.807, 2.05) is 53.1 Å². The van der Waals surface area contributed by atoms with Crippen LogP contribution in [-0.2, 0) is 4.79 Å². The molecule has 1 heterocycles. The first-order valence-electron chi connectivity index (χ1n) is 8.91. The molecule has 2 aliphatic rings. The Morgan fingerprint density at radius 3 is 2.12 bits per heavy atom. The number of carbonyl (C=O) groups is 2. The van der Waals surface area contributed by atoms with Crippen molar-refractivity contribution < 1.29 is 9.59 Å². The molecule has 1 aromatic rings. The summed E-state index contributed by atoms with van der Waals surface area (Å²) in [5.74, 6) is 0.606. The van der Waals surface area contributed by atoms with Gasteiger partial charge in [-0.3, -0.25) is 9.59 Å². The topological polar surface area (TPSA) is 43.9 Å². The van der Waals surface area contributed by atoms with Gasteiger partial charge in [0.2, 0.25) is 5.91 Å². The Kier molecular flexibility index (Phi) is 5.07. The van der Waals surface area contributed by atoms with E-state index >= 15 is 0 Å². The van der Waals surface area contributed by atoms with Crippen molar-refractivity contribution >= 4 is 17.5 Å². The van der Waals surface area contributed by atoms with Crippen LogP contribution in [-0.4, -0.2) is 61.9 Å². The molecule has 0 N–H and O–H groups in total. The predicted octanol–water partition coefficient (Wildman–Crippen LogP) is 2.23. The second-order valence-corrected chi connectivity index (χ2v) is 7.04. The summed E-state index contributed by atoms with van der Waals surface area (Å²) in [4.78, 5) is 31.0. The fraction of sp³-hybridized carbons (Fsp3) is 0.579. The Morgan fingerprint density at radius 1 is 0.917 bits per heavy atom. The van der Waals surface area contributed by atoms with E-state index in [9.17, 15) is 9.59 Å². The van der Waals surface area contributed by atoms with Gasteiger partial charge in [-0.25, -0.2) is 0 Å². The third-order valence-electron chi connectivity index (χ3n) is 5.18. The zero-order valence-corrected chi connectivity index (χ0v) is 14.7. The second-order valence-electron chi connectivity index (χ2n) is 7.04. The van der Waals surface area contributed by atoms with Gasteiger partial charge in [0.15, 0.2) is 0 Å². The molecular formula is C19H27N3O2. The molecular weight excluding hydrogens is 302 g/mol. The minimum atomic E-state index is 0.0678. The lowest BCUT2D eigenvalue weighted by Crippen LogP contribution is -2.41. The van der Waals surface area contributed by atoms with E-state index in [4.69, 9.17) is 0 Å². The van der Waals surface area contributed by atoms with E-state index < -0.39 is 0 Å². The molecule has 1 aromatic carbocycles. The van der Waals surface area contributed by atoms with Crippen LogP contribution in [0.3, 0.4) is 0 Å². The van der Waals surface area contributed by atoms with E-state index in [0.717, 1.165) is 43.6 Å². The summed E-state index contributed by atoms with van der Waals surface area (Å²) in [6, 6.07) is 7.72. The summed E-state index contributed by atoms with van der Waals surface area (Å²) in [5.41, 5.74) is 1.80. The van der Waals surface area contributed by atoms with E-state index in [2.05, 4.69) is 0 Å². The lowest BCUT2D eigenvalue weighted by atomic mass is 9.84. The minimum absolute atomic E-state index is 0.0678. The molecule has 1 aliphatic heterocycles. The molecule has 5 nitrogen and oxygen atoms in total. The SMILES string of the molecule is CN(C)c1ccc(C(=O)N2CCCN(C(=O)C3CCC3)CC2)cc1. The van der Waals surface area contributed by atoms with Crippen molar-refractivity contribution in [2.75, 3.05) is 45.2 Å². The summed E-state index contributed by atoms with van der Waals surface area (Å²) >= 11 is 0. The maximum absolute atomic E-state index is 12.7. The molecule has 24 heavy (non-hydrogen) atoms. The van der Waals surface area contributed by atoms with Gasteiger partial charge in [0.05, 0.1) is 0 Å². The van der Waals surface area contributed by atoms with Crippen LogP contribution in [0.4, 0.5) is 5.69 Å². The number of hydrogen-bond acceptors (Lipinski definition) is 3. The monoisotopic (exact) mass is 329 g/mol. The van der Waals surface area contributed by atoms with Crippen LogP contribution >= 0.6 is 0 Å². The molecule has 1 saturated heterocycles. The van der Waals surface area contributed by atoms with Crippen molar-refractivity contribution in [2.24, 2.45) is 5.92 Å². The van der Waals surface area contributed by atoms with E-state index in [1.54, 1.807) is 0 Å². The fourth-order valence-electron chi connectivity index (χ4n) is 3.34. The van der Waals surface area contributed by atoms with Gasteiger partial charge in [-0.2, -0.15) is 0 Å².